The van der Waals surface area contributed by atoms with Crippen molar-refractivity contribution in [1.29, 1.82) is 0 Å². The SMILES string of the molecule is CC.CCC(C)CCCCSC(=O)C(C)C. The highest BCUT2D eigenvalue weighted by Crippen LogP contribution is 2.16. The van der Waals surface area contributed by atoms with Crippen molar-refractivity contribution < 1.29 is 4.79 Å². The van der Waals surface area contributed by atoms with E-state index in [1.54, 1.807) is 0 Å². The van der Waals surface area contributed by atoms with E-state index in [0.29, 0.717) is 5.12 Å². The average molecular weight is 246 g/mol. The van der Waals surface area contributed by atoms with Gasteiger partial charge in [0.1, 0.15) is 0 Å². The van der Waals surface area contributed by atoms with E-state index in [-0.39, 0.29) is 5.92 Å². The summed E-state index contributed by atoms with van der Waals surface area (Å²) in [5.41, 5.74) is 0. The summed E-state index contributed by atoms with van der Waals surface area (Å²) in [6.45, 7) is 12.5. The molecular formula is C14H30OS. The third-order valence-corrected chi connectivity index (χ3v) is 3.75. The van der Waals surface area contributed by atoms with Crippen LogP contribution in [0.15, 0.2) is 0 Å². The molecule has 1 unspecified atom stereocenters. The summed E-state index contributed by atoms with van der Waals surface area (Å²) in [6.07, 6.45) is 5.05. The molecule has 0 aliphatic carbocycles. The molecule has 0 spiro atoms. The fraction of sp³-hybridized carbons (Fsp3) is 0.929. The Kier molecular flexibility index (Phi) is 15.0. The number of rotatable bonds is 7. The van der Waals surface area contributed by atoms with Crippen LogP contribution in [-0.2, 0) is 4.79 Å². The minimum atomic E-state index is 0.189. The third kappa shape index (κ3) is 12.1. The number of unbranched alkanes of at least 4 members (excludes halogenated alkanes) is 1. The van der Waals surface area contributed by atoms with Gasteiger partial charge in [-0.2, -0.15) is 0 Å². The van der Waals surface area contributed by atoms with Crippen LogP contribution in [0.2, 0.25) is 0 Å². The van der Waals surface area contributed by atoms with Crippen molar-refractivity contribution >= 4 is 16.9 Å². The van der Waals surface area contributed by atoms with Gasteiger partial charge in [-0.25, -0.2) is 0 Å². The number of hydrogen-bond acceptors (Lipinski definition) is 2. The van der Waals surface area contributed by atoms with E-state index in [1.807, 2.05) is 27.7 Å². The lowest BCUT2D eigenvalue weighted by Crippen LogP contribution is -2.02. The molecule has 0 rings (SSSR count). The summed E-state index contributed by atoms with van der Waals surface area (Å²) in [5.74, 6) is 2.04. The first-order valence-electron chi connectivity index (χ1n) is 6.74. The summed E-state index contributed by atoms with van der Waals surface area (Å²) in [6, 6.07) is 0. The van der Waals surface area contributed by atoms with Crippen molar-refractivity contribution in [2.75, 3.05) is 5.75 Å². The lowest BCUT2D eigenvalue weighted by molar-refractivity contribution is -0.113. The lowest BCUT2D eigenvalue weighted by atomic mass is 10.0. The highest BCUT2D eigenvalue weighted by Gasteiger charge is 2.06. The Balaban J connectivity index is 0. The Bertz CT molecular complexity index is 155. The second kappa shape index (κ2) is 13.1. The largest absolute Gasteiger partial charge is 0.287 e. The predicted octanol–water partition coefficient (Wildman–Crippen LogP) is 5.14. The molecular weight excluding hydrogens is 216 g/mol. The molecule has 2 heteroatoms. The third-order valence-electron chi connectivity index (χ3n) is 2.50. The number of carbonyl (C=O) groups is 1. The second-order valence-corrected chi connectivity index (χ2v) is 5.43. The van der Waals surface area contributed by atoms with Crippen LogP contribution in [-0.4, -0.2) is 10.9 Å². The Hall–Kier alpha value is 0.0200. The monoisotopic (exact) mass is 246 g/mol. The molecule has 0 aromatic carbocycles. The highest BCUT2D eigenvalue weighted by atomic mass is 32.2. The molecule has 0 fully saturated rings. The molecule has 0 saturated carbocycles. The Morgan fingerprint density at radius 3 is 2.12 bits per heavy atom. The number of hydrogen-bond donors (Lipinski definition) is 0. The van der Waals surface area contributed by atoms with Crippen molar-refractivity contribution in [1.82, 2.24) is 0 Å². The first-order chi connectivity index (χ1) is 7.57. The molecule has 0 bridgehead atoms. The van der Waals surface area contributed by atoms with Crippen LogP contribution in [0.4, 0.5) is 0 Å². The molecule has 0 aliphatic heterocycles. The maximum Gasteiger partial charge on any atom is 0.191 e. The minimum absolute atomic E-state index is 0.189. The van der Waals surface area contributed by atoms with Crippen LogP contribution in [0, 0.1) is 11.8 Å². The maximum atomic E-state index is 11.3. The fourth-order valence-corrected chi connectivity index (χ4v) is 2.02. The summed E-state index contributed by atoms with van der Waals surface area (Å²) >= 11 is 1.50. The zero-order valence-corrected chi connectivity index (χ0v) is 12.8. The van der Waals surface area contributed by atoms with Crippen LogP contribution in [0.3, 0.4) is 0 Å². The van der Waals surface area contributed by atoms with Crippen molar-refractivity contribution in [3.8, 4) is 0 Å². The molecule has 98 valence electrons. The molecule has 16 heavy (non-hydrogen) atoms. The van der Waals surface area contributed by atoms with E-state index in [9.17, 15) is 4.79 Å². The molecule has 1 nitrogen and oxygen atoms in total. The van der Waals surface area contributed by atoms with Gasteiger partial charge in [-0.15, -0.1) is 0 Å². The standard InChI is InChI=1S/C12H24OS.C2H6/c1-5-11(4)8-6-7-9-14-12(13)10(2)3;1-2/h10-11H,5-9H2,1-4H3;1-2H3. The van der Waals surface area contributed by atoms with E-state index in [1.165, 1.54) is 37.4 Å². The fourth-order valence-electron chi connectivity index (χ4n) is 1.14. The summed E-state index contributed by atoms with van der Waals surface area (Å²) in [4.78, 5) is 11.3. The quantitative estimate of drug-likeness (QED) is 0.578. The zero-order valence-electron chi connectivity index (χ0n) is 12.0. The summed E-state index contributed by atoms with van der Waals surface area (Å²) in [5, 5.41) is 0.341. The van der Waals surface area contributed by atoms with E-state index in [4.69, 9.17) is 0 Å². The van der Waals surface area contributed by atoms with Crippen LogP contribution >= 0.6 is 11.8 Å². The second-order valence-electron chi connectivity index (χ2n) is 4.33. The van der Waals surface area contributed by atoms with Gasteiger partial charge in [0.2, 0.25) is 0 Å². The van der Waals surface area contributed by atoms with Crippen molar-refractivity contribution in [2.45, 2.75) is 67.2 Å². The Labute approximate surface area is 107 Å². The molecule has 0 saturated heterocycles. The maximum absolute atomic E-state index is 11.3. The van der Waals surface area contributed by atoms with Crippen molar-refractivity contribution in [3.63, 3.8) is 0 Å². The Morgan fingerprint density at radius 1 is 1.12 bits per heavy atom. The van der Waals surface area contributed by atoms with Gasteiger partial charge in [0.15, 0.2) is 5.12 Å². The highest BCUT2D eigenvalue weighted by molar-refractivity contribution is 8.13. The van der Waals surface area contributed by atoms with E-state index in [2.05, 4.69) is 13.8 Å². The van der Waals surface area contributed by atoms with Gasteiger partial charge >= 0.3 is 0 Å². The van der Waals surface area contributed by atoms with Crippen LogP contribution in [0.1, 0.15) is 67.2 Å². The first-order valence-corrected chi connectivity index (χ1v) is 7.73. The normalized spacial score (nSPS) is 11.9. The van der Waals surface area contributed by atoms with Gasteiger partial charge in [0.25, 0.3) is 0 Å². The molecule has 0 aromatic heterocycles. The van der Waals surface area contributed by atoms with Crippen LogP contribution in [0.5, 0.6) is 0 Å². The van der Waals surface area contributed by atoms with Crippen LogP contribution < -0.4 is 0 Å². The van der Waals surface area contributed by atoms with E-state index in [0.717, 1.165) is 11.7 Å². The topological polar surface area (TPSA) is 17.1 Å². The van der Waals surface area contributed by atoms with Gasteiger partial charge in [-0.1, -0.05) is 72.6 Å². The van der Waals surface area contributed by atoms with Gasteiger partial charge in [0, 0.05) is 11.7 Å². The van der Waals surface area contributed by atoms with Gasteiger partial charge in [-0.3, -0.25) is 4.79 Å². The summed E-state index contributed by atoms with van der Waals surface area (Å²) < 4.78 is 0. The molecule has 0 radical (unpaired) electrons. The van der Waals surface area contributed by atoms with Gasteiger partial charge in [-0.05, 0) is 12.3 Å². The lowest BCUT2D eigenvalue weighted by Gasteiger charge is -2.07. The van der Waals surface area contributed by atoms with E-state index < -0.39 is 0 Å². The predicted molar refractivity (Wildman–Crippen MR) is 77.0 cm³/mol. The molecule has 0 amide bonds. The van der Waals surface area contributed by atoms with Crippen molar-refractivity contribution in [3.05, 3.63) is 0 Å². The van der Waals surface area contributed by atoms with Gasteiger partial charge < -0.3 is 0 Å². The smallest absolute Gasteiger partial charge is 0.191 e. The molecule has 0 aliphatic rings. The average Bonchev–Trinajstić information content (AvgIpc) is 2.30. The Morgan fingerprint density at radius 2 is 1.69 bits per heavy atom. The van der Waals surface area contributed by atoms with Gasteiger partial charge in [0.05, 0.1) is 0 Å². The first kappa shape index (κ1) is 18.4. The molecule has 0 heterocycles. The molecule has 1 atom stereocenters. The number of carbonyl (C=O) groups excluding carboxylic acids is 1. The molecule has 0 N–H and O–H groups in total. The van der Waals surface area contributed by atoms with Crippen LogP contribution in [0.25, 0.3) is 0 Å². The summed E-state index contributed by atoms with van der Waals surface area (Å²) in [7, 11) is 0. The minimum Gasteiger partial charge on any atom is -0.287 e. The zero-order chi connectivity index (χ0) is 13.0. The van der Waals surface area contributed by atoms with E-state index >= 15 is 0 Å². The van der Waals surface area contributed by atoms with Crippen molar-refractivity contribution in [2.24, 2.45) is 11.8 Å². The molecule has 0 aromatic rings. The number of thioether (sulfide) groups is 1.